The zero-order valence-electron chi connectivity index (χ0n) is 13.4. The van der Waals surface area contributed by atoms with Gasteiger partial charge in [0.05, 0.1) is 18.1 Å². The second-order valence-electron chi connectivity index (χ2n) is 5.17. The maximum absolute atomic E-state index is 12.4. The molecule has 1 aromatic heterocycles. The Hall–Kier alpha value is -3.52. The molecule has 0 aliphatic rings. The van der Waals surface area contributed by atoms with Gasteiger partial charge in [-0.2, -0.15) is 0 Å². The van der Waals surface area contributed by atoms with E-state index >= 15 is 0 Å². The summed E-state index contributed by atoms with van der Waals surface area (Å²) in [5.74, 6) is 3.64. The molecule has 0 unspecified atom stereocenters. The number of benzene rings is 2. The van der Waals surface area contributed by atoms with Crippen molar-refractivity contribution in [1.82, 2.24) is 0 Å². The molecule has 5 nitrogen and oxygen atoms in total. The SMILES string of the molecule is C#CCOc1ccc2c(=O)cc(-c3ccc(OC)cc3)oc2c1C=O. The first kappa shape index (κ1) is 16.3. The minimum atomic E-state index is -0.251. The maximum atomic E-state index is 12.4. The average molecular weight is 334 g/mol. The second-order valence-corrected chi connectivity index (χ2v) is 5.17. The third kappa shape index (κ3) is 3.10. The molecule has 0 aliphatic carbocycles. The largest absolute Gasteiger partial charge is 0.497 e. The molecule has 0 bridgehead atoms. The third-order valence-corrected chi connectivity index (χ3v) is 3.70. The van der Waals surface area contributed by atoms with Gasteiger partial charge in [0.15, 0.2) is 17.3 Å². The van der Waals surface area contributed by atoms with Crippen LogP contribution >= 0.6 is 0 Å². The Balaban J connectivity index is 2.20. The zero-order valence-corrected chi connectivity index (χ0v) is 13.4. The van der Waals surface area contributed by atoms with Crippen molar-refractivity contribution in [2.75, 3.05) is 13.7 Å². The van der Waals surface area contributed by atoms with Gasteiger partial charge in [0, 0.05) is 11.6 Å². The quantitative estimate of drug-likeness (QED) is 0.529. The fourth-order valence-corrected chi connectivity index (χ4v) is 2.48. The van der Waals surface area contributed by atoms with Crippen LogP contribution in [0.3, 0.4) is 0 Å². The molecule has 3 aromatic rings. The van der Waals surface area contributed by atoms with Gasteiger partial charge >= 0.3 is 0 Å². The van der Waals surface area contributed by atoms with Crippen molar-refractivity contribution in [3.63, 3.8) is 0 Å². The van der Waals surface area contributed by atoms with Crippen LogP contribution in [-0.2, 0) is 0 Å². The van der Waals surface area contributed by atoms with Crippen LogP contribution in [-0.4, -0.2) is 20.0 Å². The number of ether oxygens (including phenoxy) is 2. The topological polar surface area (TPSA) is 65.7 Å². The highest BCUT2D eigenvalue weighted by Crippen LogP contribution is 2.29. The molecule has 124 valence electrons. The van der Waals surface area contributed by atoms with Crippen molar-refractivity contribution in [1.29, 1.82) is 0 Å². The normalized spacial score (nSPS) is 10.2. The van der Waals surface area contributed by atoms with Gasteiger partial charge in [0.25, 0.3) is 0 Å². The van der Waals surface area contributed by atoms with Gasteiger partial charge in [-0.25, -0.2) is 0 Å². The van der Waals surface area contributed by atoms with Crippen molar-refractivity contribution in [3.05, 3.63) is 58.3 Å². The number of hydrogen-bond donors (Lipinski definition) is 0. The van der Waals surface area contributed by atoms with E-state index in [-0.39, 0.29) is 28.9 Å². The van der Waals surface area contributed by atoms with E-state index in [0.717, 1.165) is 0 Å². The molecule has 0 spiro atoms. The van der Waals surface area contributed by atoms with Crippen molar-refractivity contribution < 1.29 is 18.7 Å². The van der Waals surface area contributed by atoms with Crippen LogP contribution in [0.4, 0.5) is 0 Å². The molecule has 0 amide bonds. The van der Waals surface area contributed by atoms with E-state index in [4.69, 9.17) is 20.3 Å². The third-order valence-electron chi connectivity index (χ3n) is 3.70. The molecule has 0 N–H and O–H groups in total. The highest BCUT2D eigenvalue weighted by atomic mass is 16.5. The summed E-state index contributed by atoms with van der Waals surface area (Å²) in [7, 11) is 1.57. The van der Waals surface area contributed by atoms with Crippen molar-refractivity contribution >= 4 is 17.3 Å². The van der Waals surface area contributed by atoms with Crippen molar-refractivity contribution in [2.45, 2.75) is 0 Å². The van der Waals surface area contributed by atoms with Crippen LogP contribution in [0.1, 0.15) is 10.4 Å². The smallest absolute Gasteiger partial charge is 0.193 e. The Morgan fingerprint density at radius 3 is 2.60 bits per heavy atom. The summed E-state index contributed by atoms with van der Waals surface area (Å²) < 4.78 is 16.3. The molecule has 3 rings (SSSR count). The van der Waals surface area contributed by atoms with E-state index in [9.17, 15) is 9.59 Å². The van der Waals surface area contributed by atoms with Gasteiger partial charge < -0.3 is 13.9 Å². The second kappa shape index (κ2) is 6.93. The lowest BCUT2D eigenvalue weighted by atomic mass is 10.1. The van der Waals surface area contributed by atoms with Crippen molar-refractivity contribution in [3.8, 4) is 35.2 Å². The molecule has 0 atom stereocenters. The predicted molar refractivity (Wildman–Crippen MR) is 94.2 cm³/mol. The Morgan fingerprint density at radius 2 is 1.96 bits per heavy atom. The van der Waals surface area contributed by atoms with Crippen LogP contribution in [0.15, 0.2) is 51.7 Å². The lowest BCUT2D eigenvalue weighted by Gasteiger charge is -2.09. The maximum Gasteiger partial charge on any atom is 0.193 e. The van der Waals surface area contributed by atoms with Gasteiger partial charge in [-0.15, -0.1) is 6.42 Å². The average Bonchev–Trinajstić information content (AvgIpc) is 2.65. The van der Waals surface area contributed by atoms with Gasteiger partial charge in [-0.1, -0.05) is 5.92 Å². The number of carbonyl (C=O) groups excluding carboxylic acids is 1. The van der Waals surface area contributed by atoms with E-state index in [1.807, 2.05) is 0 Å². The molecule has 25 heavy (non-hydrogen) atoms. The van der Waals surface area contributed by atoms with E-state index in [1.54, 1.807) is 37.4 Å². The lowest BCUT2D eigenvalue weighted by Crippen LogP contribution is -2.04. The summed E-state index contributed by atoms with van der Waals surface area (Å²) in [5.41, 5.74) is 0.758. The molecule has 0 aliphatic heterocycles. The number of hydrogen-bond acceptors (Lipinski definition) is 5. The highest BCUT2D eigenvalue weighted by molar-refractivity contribution is 5.97. The zero-order chi connectivity index (χ0) is 17.8. The summed E-state index contributed by atoms with van der Waals surface area (Å²) in [6.45, 7) is 0.00868. The van der Waals surface area contributed by atoms with E-state index in [0.29, 0.717) is 28.7 Å². The fourth-order valence-electron chi connectivity index (χ4n) is 2.48. The van der Waals surface area contributed by atoms with Crippen molar-refractivity contribution in [2.24, 2.45) is 0 Å². The Bertz CT molecular complexity index is 1020. The number of rotatable bonds is 5. The predicted octanol–water partition coefficient (Wildman–Crippen LogP) is 3.29. The van der Waals surface area contributed by atoms with Gasteiger partial charge in [-0.05, 0) is 36.4 Å². The summed E-state index contributed by atoms with van der Waals surface area (Å²) in [6.07, 6.45) is 5.77. The molecule has 0 fully saturated rings. The highest BCUT2D eigenvalue weighted by Gasteiger charge is 2.15. The van der Waals surface area contributed by atoms with Gasteiger partial charge in [0.1, 0.15) is 23.9 Å². The Labute approximate surface area is 143 Å². The van der Waals surface area contributed by atoms with Crippen LogP contribution in [0.2, 0.25) is 0 Å². The summed E-state index contributed by atoms with van der Waals surface area (Å²) in [5, 5.41) is 0.299. The summed E-state index contributed by atoms with van der Waals surface area (Å²) in [6, 6.07) is 11.5. The molecule has 2 aromatic carbocycles. The molecule has 0 saturated carbocycles. The Kier molecular flexibility index (Phi) is 4.53. The van der Waals surface area contributed by atoms with Crippen LogP contribution in [0.25, 0.3) is 22.3 Å². The van der Waals surface area contributed by atoms with E-state index in [2.05, 4.69) is 5.92 Å². The Morgan fingerprint density at radius 1 is 1.20 bits per heavy atom. The monoisotopic (exact) mass is 334 g/mol. The minimum absolute atomic E-state index is 0.00868. The number of fused-ring (bicyclic) bond motifs is 1. The first-order valence-corrected chi connectivity index (χ1v) is 7.44. The standard InChI is InChI=1S/C20H14O5/c1-3-10-24-18-9-8-15-17(22)11-19(25-20(15)16(18)12-21)13-4-6-14(23-2)7-5-13/h1,4-9,11-12H,10H2,2H3. The summed E-state index contributed by atoms with van der Waals surface area (Å²) in [4.78, 5) is 24.0. The van der Waals surface area contributed by atoms with E-state index in [1.165, 1.54) is 12.1 Å². The molecule has 5 heteroatoms. The molecular formula is C20H14O5. The minimum Gasteiger partial charge on any atom is -0.497 e. The van der Waals surface area contributed by atoms with Gasteiger partial charge in [0.2, 0.25) is 0 Å². The molecular weight excluding hydrogens is 320 g/mol. The van der Waals surface area contributed by atoms with E-state index < -0.39 is 0 Å². The van der Waals surface area contributed by atoms with Gasteiger partial charge in [-0.3, -0.25) is 9.59 Å². The van der Waals surface area contributed by atoms with Crippen LogP contribution < -0.4 is 14.9 Å². The number of terminal acetylenes is 1. The number of carbonyl (C=O) groups is 1. The number of methoxy groups -OCH3 is 1. The number of aldehydes is 1. The lowest BCUT2D eigenvalue weighted by molar-refractivity contribution is 0.112. The van der Waals surface area contributed by atoms with Crippen LogP contribution in [0.5, 0.6) is 11.5 Å². The molecule has 1 heterocycles. The first-order valence-electron chi connectivity index (χ1n) is 7.44. The summed E-state index contributed by atoms with van der Waals surface area (Å²) >= 11 is 0. The molecule has 0 saturated heterocycles. The molecule has 0 radical (unpaired) electrons. The fraction of sp³-hybridized carbons (Fsp3) is 0.100. The van der Waals surface area contributed by atoms with Crippen LogP contribution in [0, 0.1) is 12.3 Å². The first-order chi connectivity index (χ1) is 12.2.